The fourth-order valence-corrected chi connectivity index (χ4v) is 5.50. The summed E-state index contributed by atoms with van der Waals surface area (Å²) in [6, 6.07) is 5.72. The van der Waals surface area contributed by atoms with Crippen LogP contribution in [0.3, 0.4) is 0 Å². The van der Waals surface area contributed by atoms with Crippen LogP contribution in [0.2, 0.25) is 0 Å². The van der Waals surface area contributed by atoms with Gasteiger partial charge in [0.1, 0.15) is 0 Å². The van der Waals surface area contributed by atoms with E-state index < -0.39 is 15.5 Å². The second-order valence-corrected chi connectivity index (χ2v) is 9.55. The maximum Gasteiger partial charge on any atom is 0.181 e. The number of sulfone groups is 1. The quantitative estimate of drug-likeness (QED) is 0.509. The van der Waals surface area contributed by atoms with E-state index in [2.05, 4.69) is 24.5 Å². The van der Waals surface area contributed by atoms with E-state index in [0.717, 1.165) is 62.9 Å². The van der Waals surface area contributed by atoms with Gasteiger partial charge in [-0.25, -0.2) is 8.42 Å². The largest absolute Gasteiger partial charge is 0.378 e. The second kappa shape index (κ2) is 9.20. The molecule has 0 atom stereocenters. The van der Waals surface area contributed by atoms with Crippen molar-refractivity contribution in [3.63, 3.8) is 0 Å². The molecule has 0 aliphatic carbocycles. The maximum absolute atomic E-state index is 13.2. The van der Waals surface area contributed by atoms with Crippen molar-refractivity contribution in [3.05, 3.63) is 23.8 Å². The van der Waals surface area contributed by atoms with Crippen LogP contribution in [0.5, 0.6) is 0 Å². The van der Waals surface area contributed by atoms with Gasteiger partial charge in [0.05, 0.1) is 16.3 Å². The molecular weight excluding hydrogens is 346 g/mol. The number of aryl methyl sites for hydroxylation is 1. The summed E-state index contributed by atoms with van der Waals surface area (Å²) in [7, 11) is 0.618. The molecule has 1 aliphatic rings. The highest BCUT2D eigenvalue weighted by Gasteiger charge is 2.38. The van der Waals surface area contributed by atoms with Gasteiger partial charge in [0.25, 0.3) is 0 Å². The molecule has 0 amide bonds. The Bertz CT molecular complexity index is 676. The molecular formula is C20H35N3O2S. The topological polar surface area (TPSA) is 61.4 Å². The van der Waals surface area contributed by atoms with E-state index in [0.29, 0.717) is 4.90 Å². The monoisotopic (exact) mass is 381 g/mol. The summed E-state index contributed by atoms with van der Waals surface area (Å²) in [5.74, 6) is 0.113. The Labute approximate surface area is 159 Å². The van der Waals surface area contributed by atoms with E-state index in [-0.39, 0.29) is 5.75 Å². The van der Waals surface area contributed by atoms with E-state index in [1.165, 1.54) is 0 Å². The van der Waals surface area contributed by atoms with Crippen molar-refractivity contribution in [2.45, 2.75) is 62.9 Å². The molecule has 0 fully saturated rings. The number of anilines is 1. The molecule has 148 valence electrons. The smallest absolute Gasteiger partial charge is 0.181 e. The summed E-state index contributed by atoms with van der Waals surface area (Å²) in [6.45, 7) is 5.98. The van der Waals surface area contributed by atoms with E-state index in [1.54, 1.807) is 6.07 Å². The number of unbranched alkanes of at least 4 members (excludes halogenated alkanes) is 2. The van der Waals surface area contributed by atoms with Gasteiger partial charge < -0.3 is 4.90 Å². The summed E-state index contributed by atoms with van der Waals surface area (Å²) in [5, 5.41) is 7.12. The zero-order valence-electron chi connectivity index (χ0n) is 16.8. The van der Waals surface area contributed by atoms with Gasteiger partial charge in [0.15, 0.2) is 9.84 Å². The lowest BCUT2D eigenvalue weighted by Crippen LogP contribution is -2.61. The minimum Gasteiger partial charge on any atom is -0.378 e. The summed E-state index contributed by atoms with van der Waals surface area (Å²) in [4.78, 5) is 2.52. The average molecular weight is 382 g/mol. The van der Waals surface area contributed by atoms with Crippen LogP contribution < -0.4 is 15.5 Å². The predicted octanol–water partition coefficient (Wildman–Crippen LogP) is 2.95. The summed E-state index contributed by atoms with van der Waals surface area (Å²) < 4.78 is 26.3. The molecule has 0 spiro atoms. The Hall–Kier alpha value is -1.11. The molecule has 2 N–H and O–H groups in total. The minimum absolute atomic E-state index is 0.113. The van der Waals surface area contributed by atoms with Gasteiger partial charge in [-0.1, -0.05) is 26.7 Å². The number of benzene rings is 1. The molecule has 1 heterocycles. The van der Waals surface area contributed by atoms with Crippen molar-refractivity contribution in [2.75, 3.05) is 37.8 Å². The molecule has 0 unspecified atom stereocenters. The highest BCUT2D eigenvalue weighted by Crippen LogP contribution is 2.31. The Kier molecular flexibility index (Phi) is 7.50. The lowest BCUT2D eigenvalue weighted by atomic mass is 10.00. The lowest BCUT2D eigenvalue weighted by molar-refractivity contribution is 0.265. The Balaban J connectivity index is 2.32. The van der Waals surface area contributed by atoms with Gasteiger partial charge in [-0.15, -0.1) is 0 Å². The fourth-order valence-electron chi connectivity index (χ4n) is 3.52. The average Bonchev–Trinajstić information content (AvgIpc) is 2.70. The number of hydrogen-bond donors (Lipinski definition) is 2. The van der Waals surface area contributed by atoms with Crippen molar-refractivity contribution in [3.8, 4) is 0 Å². The first-order valence-electron chi connectivity index (χ1n) is 9.86. The third kappa shape index (κ3) is 5.21. The SMILES string of the molecule is CCCCNC1(NCCCC)CCc2cc(N(C)C)ccc2S(=O)(=O)C1. The zero-order chi connectivity index (χ0) is 19.2. The molecule has 0 saturated carbocycles. The maximum atomic E-state index is 13.2. The van der Waals surface area contributed by atoms with Crippen LogP contribution in [0.4, 0.5) is 5.69 Å². The number of nitrogens with one attached hydrogen (secondary N) is 2. The molecule has 2 rings (SSSR count). The first-order valence-corrected chi connectivity index (χ1v) is 11.5. The van der Waals surface area contributed by atoms with Gasteiger partial charge in [-0.2, -0.15) is 0 Å². The zero-order valence-corrected chi connectivity index (χ0v) is 17.6. The summed E-state index contributed by atoms with van der Waals surface area (Å²) in [6.07, 6.45) is 5.83. The molecule has 5 nitrogen and oxygen atoms in total. The Morgan fingerprint density at radius 1 is 1.08 bits per heavy atom. The molecule has 0 bridgehead atoms. The van der Waals surface area contributed by atoms with Gasteiger partial charge >= 0.3 is 0 Å². The van der Waals surface area contributed by atoms with Crippen LogP contribution in [0.15, 0.2) is 23.1 Å². The number of fused-ring (bicyclic) bond motifs is 1. The molecule has 0 aromatic heterocycles. The summed E-state index contributed by atoms with van der Waals surface area (Å²) in [5.41, 5.74) is 1.44. The normalized spacial score (nSPS) is 18.2. The van der Waals surface area contributed by atoms with Crippen LogP contribution in [-0.4, -0.2) is 47.0 Å². The first kappa shape index (κ1) is 21.2. The molecule has 1 aliphatic heterocycles. The van der Waals surface area contributed by atoms with Crippen LogP contribution >= 0.6 is 0 Å². The van der Waals surface area contributed by atoms with Crippen molar-refractivity contribution in [1.82, 2.24) is 10.6 Å². The number of nitrogens with zero attached hydrogens (tertiary/aromatic N) is 1. The first-order chi connectivity index (χ1) is 12.3. The van der Waals surface area contributed by atoms with E-state index >= 15 is 0 Å². The number of rotatable bonds is 9. The molecule has 1 aromatic carbocycles. The lowest BCUT2D eigenvalue weighted by Gasteiger charge is -2.35. The van der Waals surface area contributed by atoms with Crippen molar-refractivity contribution in [1.29, 1.82) is 0 Å². The highest BCUT2D eigenvalue weighted by molar-refractivity contribution is 7.91. The second-order valence-electron chi connectivity index (χ2n) is 7.59. The van der Waals surface area contributed by atoms with Gasteiger partial charge in [0, 0.05) is 19.8 Å². The van der Waals surface area contributed by atoms with Crippen molar-refractivity contribution in [2.24, 2.45) is 0 Å². The standard InChI is InChI=1S/C20H35N3O2S/c1-5-7-13-21-20(22-14-8-6-2)12-11-17-15-18(23(3)4)9-10-19(17)26(24,25)16-20/h9-10,15,21-22H,5-8,11-14,16H2,1-4H3. The minimum atomic E-state index is -3.35. The van der Waals surface area contributed by atoms with Gasteiger partial charge in [0.2, 0.25) is 0 Å². The molecule has 1 aromatic rings. The van der Waals surface area contributed by atoms with E-state index in [4.69, 9.17) is 0 Å². The van der Waals surface area contributed by atoms with Crippen LogP contribution in [0, 0.1) is 0 Å². The molecule has 26 heavy (non-hydrogen) atoms. The predicted molar refractivity (Wildman–Crippen MR) is 110 cm³/mol. The Morgan fingerprint density at radius 3 is 2.23 bits per heavy atom. The van der Waals surface area contributed by atoms with E-state index in [9.17, 15) is 8.42 Å². The molecule has 0 radical (unpaired) electrons. The molecule has 6 heteroatoms. The van der Waals surface area contributed by atoms with Gasteiger partial charge in [-0.05, 0) is 62.5 Å². The van der Waals surface area contributed by atoms with Crippen LogP contribution in [0.25, 0.3) is 0 Å². The molecule has 0 saturated heterocycles. The Morgan fingerprint density at radius 2 is 1.69 bits per heavy atom. The van der Waals surface area contributed by atoms with Gasteiger partial charge in [-0.3, -0.25) is 10.6 Å². The van der Waals surface area contributed by atoms with E-state index in [1.807, 2.05) is 31.1 Å². The van der Waals surface area contributed by atoms with Crippen LogP contribution in [-0.2, 0) is 16.3 Å². The van der Waals surface area contributed by atoms with Crippen molar-refractivity contribution < 1.29 is 8.42 Å². The third-order valence-corrected chi connectivity index (χ3v) is 7.08. The number of hydrogen-bond acceptors (Lipinski definition) is 5. The third-order valence-electron chi connectivity index (χ3n) is 5.14. The fraction of sp³-hybridized carbons (Fsp3) is 0.700. The van der Waals surface area contributed by atoms with Crippen LogP contribution in [0.1, 0.15) is 51.5 Å². The highest BCUT2D eigenvalue weighted by atomic mass is 32.2. The summed E-state index contributed by atoms with van der Waals surface area (Å²) >= 11 is 0. The van der Waals surface area contributed by atoms with Crippen molar-refractivity contribution >= 4 is 15.5 Å².